The summed E-state index contributed by atoms with van der Waals surface area (Å²) in [6.45, 7) is -0.206. The summed E-state index contributed by atoms with van der Waals surface area (Å²) in [6.07, 6.45) is 0. The number of rotatable bonds is 5. The van der Waals surface area contributed by atoms with Gasteiger partial charge in [0, 0.05) is 21.0 Å². The van der Waals surface area contributed by atoms with Crippen LogP contribution in [0.25, 0.3) is 10.8 Å². The summed E-state index contributed by atoms with van der Waals surface area (Å²) in [5.41, 5.74) is 1.99. The number of thiazole rings is 1. The maximum atomic E-state index is 13.9. The monoisotopic (exact) mass is 655 g/mol. The third kappa shape index (κ3) is 4.59. The number of hydrogen-bond acceptors (Lipinski definition) is 6. The first-order valence-electron chi connectivity index (χ1n) is 13.3. The first-order valence-corrected chi connectivity index (χ1v) is 15.7. The van der Waals surface area contributed by atoms with Crippen LogP contribution in [0.1, 0.15) is 16.4 Å². The molecule has 0 radical (unpaired) electrons. The van der Waals surface area contributed by atoms with Crippen LogP contribution in [0, 0.1) is 5.92 Å². The summed E-state index contributed by atoms with van der Waals surface area (Å²) >= 11 is 5.66. The number of nitrogens with one attached hydrogen (secondary N) is 1. The molecule has 7 nitrogen and oxygen atoms in total. The van der Waals surface area contributed by atoms with Gasteiger partial charge in [0.1, 0.15) is 11.8 Å². The van der Waals surface area contributed by atoms with Gasteiger partial charge in [-0.1, -0.05) is 99.7 Å². The summed E-state index contributed by atoms with van der Waals surface area (Å²) in [6, 6.07) is 30.1. The Labute approximate surface area is 257 Å². The number of fused-ring (bicyclic) bond motifs is 3. The topological polar surface area (TPSA) is 88.5 Å². The number of carbonyl (C=O) groups excluding carboxylic acids is 3. The average molecular weight is 657 g/mol. The third-order valence-electron chi connectivity index (χ3n) is 7.63. The van der Waals surface area contributed by atoms with Gasteiger partial charge in [-0.2, -0.15) is 0 Å². The molecule has 0 aliphatic carbocycles. The molecule has 0 saturated carbocycles. The molecule has 3 amide bonds. The summed E-state index contributed by atoms with van der Waals surface area (Å²) in [5, 5.41) is 4.79. The number of aromatic nitrogens is 1. The Kier molecular flexibility index (Phi) is 6.84. The molecule has 2 aliphatic heterocycles. The molecule has 1 saturated heterocycles. The Hall–Kier alpha value is -3.99. The minimum absolute atomic E-state index is 0.206. The van der Waals surface area contributed by atoms with E-state index in [0.717, 1.165) is 32.1 Å². The Bertz CT molecular complexity index is 1940. The summed E-state index contributed by atoms with van der Waals surface area (Å²) in [7, 11) is 0. The minimum atomic E-state index is -0.734. The van der Waals surface area contributed by atoms with Crippen molar-refractivity contribution in [2.24, 2.45) is 5.92 Å². The molecule has 4 aromatic carbocycles. The maximum absolute atomic E-state index is 13.9. The minimum Gasteiger partial charge on any atom is -0.325 e. The summed E-state index contributed by atoms with van der Waals surface area (Å²) in [5.74, 6) is -2.14. The second kappa shape index (κ2) is 10.7. The van der Waals surface area contributed by atoms with E-state index in [-0.39, 0.29) is 29.1 Å². The Balaban J connectivity index is 1.25. The maximum Gasteiger partial charge on any atom is 0.308 e. The van der Waals surface area contributed by atoms with Crippen molar-refractivity contribution in [3.8, 4) is 0 Å². The van der Waals surface area contributed by atoms with Crippen LogP contribution in [-0.4, -0.2) is 27.5 Å². The van der Waals surface area contributed by atoms with Crippen LogP contribution in [0.3, 0.4) is 0 Å². The van der Waals surface area contributed by atoms with Gasteiger partial charge in [-0.3, -0.25) is 23.7 Å². The first kappa shape index (κ1) is 26.9. The van der Waals surface area contributed by atoms with Gasteiger partial charge in [0.05, 0.1) is 16.6 Å². The van der Waals surface area contributed by atoms with E-state index in [1.54, 1.807) is 24.3 Å². The molecule has 3 heterocycles. The normalized spacial score (nSPS) is 19.5. The van der Waals surface area contributed by atoms with Gasteiger partial charge in [-0.25, -0.2) is 4.90 Å². The molecule has 1 aromatic heterocycles. The molecule has 2 aliphatic rings. The van der Waals surface area contributed by atoms with Crippen LogP contribution < -0.4 is 15.1 Å². The lowest BCUT2D eigenvalue weighted by atomic mass is 9.83. The fourth-order valence-electron chi connectivity index (χ4n) is 5.73. The van der Waals surface area contributed by atoms with E-state index < -0.39 is 17.1 Å². The van der Waals surface area contributed by atoms with Crippen LogP contribution in [0.5, 0.6) is 0 Å². The Morgan fingerprint density at radius 1 is 0.833 bits per heavy atom. The molecule has 0 spiro atoms. The molecule has 208 valence electrons. The number of carbonyl (C=O) groups is 3. The molecule has 42 heavy (non-hydrogen) atoms. The highest BCUT2D eigenvalue weighted by Gasteiger charge is 2.56. The zero-order chi connectivity index (χ0) is 29.0. The predicted octanol–water partition coefficient (Wildman–Crippen LogP) is 6.26. The standard InChI is InChI=1S/C32H22BrN3O4S2/c33-21-11-14-23(15-12-21)36-29(38)26-25(19-7-2-1-3-8-19)28-31(41-27(26)30(36)39)35(32(40)42-28)17-24(37)34-22-13-10-18-6-4-5-9-20(18)16-22/h1-16,25-27H,17H2,(H,34,37). The number of imide groups is 1. The highest BCUT2D eigenvalue weighted by atomic mass is 79.9. The van der Waals surface area contributed by atoms with Crippen molar-refractivity contribution in [3.05, 3.63) is 122 Å². The van der Waals surface area contributed by atoms with Crippen molar-refractivity contribution >= 4 is 78.9 Å². The highest BCUT2D eigenvalue weighted by Crippen LogP contribution is 2.53. The van der Waals surface area contributed by atoms with Gasteiger partial charge in [-0.05, 0) is 52.7 Å². The van der Waals surface area contributed by atoms with Gasteiger partial charge in [-0.15, -0.1) is 0 Å². The third-order valence-corrected chi connectivity index (χ3v) is 10.8. The molecule has 3 atom stereocenters. The van der Waals surface area contributed by atoms with E-state index in [1.807, 2.05) is 72.8 Å². The van der Waals surface area contributed by atoms with Crippen molar-refractivity contribution < 1.29 is 14.4 Å². The van der Waals surface area contributed by atoms with E-state index in [9.17, 15) is 19.2 Å². The van der Waals surface area contributed by atoms with E-state index in [1.165, 1.54) is 21.2 Å². The fraction of sp³-hybridized carbons (Fsp3) is 0.125. The average Bonchev–Trinajstić information content (AvgIpc) is 3.44. The molecule has 1 fully saturated rings. The lowest BCUT2D eigenvalue weighted by Gasteiger charge is -2.30. The van der Waals surface area contributed by atoms with Gasteiger partial charge >= 0.3 is 4.87 Å². The summed E-state index contributed by atoms with van der Waals surface area (Å²) < 4.78 is 2.28. The van der Waals surface area contributed by atoms with E-state index >= 15 is 0 Å². The van der Waals surface area contributed by atoms with Crippen LogP contribution in [0.2, 0.25) is 0 Å². The number of thioether (sulfide) groups is 1. The fourth-order valence-corrected chi connectivity index (χ4v) is 8.77. The van der Waals surface area contributed by atoms with Crippen LogP contribution in [0.4, 0.5) is 11.4 Å². The molecular weight excluding hydrogens is 634 g/mol. The van der Waals surface area contributed by atoms with E-state index in [2.05, 4.69) is 21.2 Å². The van der Waals surface area contributed by atoms with Gasteiger partial charge in [0.15, 0.2) is 0 Å². The van der Waals surface area contributed by atoms with Crippen LogP contribution >= 0.6 is 39.0 Å². The summed E-state index contributed by atoms with van der Waals surface area (Å²) in [4.78, 5) is 56.0. The van der Waals surface area contributed by atoms with Crippen molar-refractivity contribution in [1.29, 1.82) is 0 Å². The lowest BCUT2D eigenvalue weighted by Crippen LogP contribution is -2.33. The van der Waals surface area contributed by atoms with Crippen molar-refractivity contribution in [2.45, 2.75) is 22.7 Å². The lowest BCUT2D eigenvalue weighted by molar-refractivity contribution is -0.122. The van der Waals surface area contributed by atoms with E-state index in [0.29, 0.717) is 21.3 Å². The molecule has 1 N–H and O–H groups in total. The predicted molar refractivity (Wildman–Crippen MR) is 169 cm³/mol. The van der Waals surface area contributed by atoms with Crippen molar-refractivity contribution in [2.75, 3.05) is 10.2 Å². The van der Waals surface area contributed by atoms with E-state index in [4.69, 9.17) is 0 Å². The van der Waals surface area contributed by atoms with Crippen molar-refractivity contribution in [3.63, 3.8) is 0 Å². The Morgan fingerprint density at radius 2 is 1.55 bits per heavy atom. The van der Waals surface area contributed by atoms with Crippen LogP contribution in [-0.2, 0) is 20.9 Å². The quantitative estimate of drug-likeness (QED) is 0.226. The van der Waals surface area contributed by atoms with Crippen molar-refractivity contribution in [1.82, 2.24) is 4.57 Å². The number of halogens is 1. The molecule has 5 aromatic rings. The second-order valence-electron chi connectivity index (χ2n) is 10.2. The number of amides is 3. The zero-order valence-electron chi connectivity index (χ0n) is 21.9. The first-order chi connectivity index (χ1) is 20.4. The number of nitrogens with zero attached hydrogens (tertiary/aromatic N) is 2. The van der Waals surface area contributed by atoms with Gasteiger partial charge in [0.25, 0.3) is 0 Å². The van der Waals surface area contributed by atoms with Gasteiger partial charge < -0.3 is 5.32 Å². The van der Waals surface area contributed by atoms with Crippen LogP contribution in [0.15, 0.2) is 111 Å². The number of hydrogen-bond donors (Lipinski definition) is 1. The largest absolute Gasteiger partial charge is 0.325 e. The molecule has 10 heteroatoms. The molecular formula is C32H22BrN3O4S2. The molecule has 3 unspecified atom stereocenters. The molecule has 0 bridgehead atoms. The zero-order valence-corrected chi connectivity index (χ0v) is 25.1. The smallest absolute Gasteiger partial charge is 0.308 e. The highest BCUT2D eigenvalue weighted by molar-refractivity contribution is 9.10. The SMILES string of the molecule is O=C(Cn1c2c(sc1=O)C(c1ccccc1)C1C(=O)N(c3ccc(Br)cc3)C(=O)C1S2)Nc1ccc2ccccc2c1. The number of benzene rings is 4. The number of anilines is 2. The molecule has 7 rings (SSSR count). The Morgan fingerprint density at radius 3 is 2.31 bits per heavy atom. The van der Waals surface area contributed by atoms with Gasteiger partial charge in [0.2, 0.25) is 17.7 Å². The second-order valence-corrected chi connectivity index (χ2v) is 13.2.